The summed E-state index contributed by atoms with van der Waals surface area (Å²) >= 11 is 0. The lowest BCUT2D eigenvalue weighted by atomic mass is 9.90. The van der Waals surface area contributed by atoms with Crippen LogP contribution in [0.5, 0.6) is 0 Å². The van der Waals surface area contributed by atoms with E-state index < -0.39 is 5.72 Å². The highest BCUT2D eigenvalue weighted by Crippen LogP contribution is 2.51. The molecule has 2 heterocycles. The molecule has 0 amide bonds. The Bertz CT molecular complexity index is 627. The number of nitrogens with two attached hydrogens (primary N) is 1. The quantitative estimate of drug-likeness (QED) is 0.686. The summed E-state index contributed by atoms with van der Waals surface area (Å²) in [5.41, 5.74) is 2.98. The van der Waals surface area contributed by atoms with Gasteiger partial charge in [-0.05, 0) is 17.5 Å². The maximum Gasteiger partial charge on any atom is 0.184 e. The second-order valence-corrected chi connectivity index (χ2v) is 5.04. The fourth-order valence-corrected chi connectivity index (χ4v) is 3.36. The molecule has 4 rings (SSSR count). The molecule has 2 bridgehead atoms. The van der Waals surface area contributed by atoms with Crippen LogP contribution in [0, 0.1) is 0 Å². The number of rotatable bonds is 0. The number of aliphatic hydroxyl groups is 1. The number of benzene rings is 2. The first kappa shape index (κ1) is 10.3. The molecule has 2 aromatic carbocycles. The van der Waals surface area contributed by atoms with Crippen molar-refractivity contribution in [2.45, 2.75) is 18.2 Å². The van der Waals surface area contributed by atoms with E-state index >= 15 is 0 Å². The number of hydrogen-bond acceptors (Lipinski definition) is 3. The third-order valence-electron chi connectivity index (χ3n) is 4.21. The van der Waals surface area contributed by atoms with Gasteiger partial charge in [0.05, 0.1) is 6.04 Å². The van der Waals surface area contributed by atoms with Gasteiger partial charge >= 0.3 is 0 Å². The van der Waals surface area contributed by atoms with Crippen molar-refractivity contribution in [3.05, 3.63) is 70.8 Å². The van der Waals surface area contributed by atoms with Crippen LogP contribution in [0.1, 0.15) is 28.3 Å². The first-order chi connectivity index (χ1) is 8.73. The minimum absolute atomic E-state index is 0.0705. The molecule has 2 aliphatic rings. The van der Waals surface area contributed by atoms with Crippen molar-refractivity contribution in [1.29, 1.82) is 0 Å². The van der Waals surface area contributed by atoms with E-state index in [1.807, 2.05) is 36.4 Å². The van der Waals surface area contributed by atoms with Crippen molar-refractivity contribution in [1.82, 2.24) is 5.01 Å². The highest BCUT2D eigenvalue weighted by Gasteiger charge is 2.53. The molecule has 0 radical (unpaired) electrons. The monoisotopic (exact) mass is 238 g/mol. The first-order valence-electron chi connectivity index (χ1n) is 6.17. The van der Waals surface area contributed by atoms with Gasteiger partial charge in [0.2, 0.25) is 0 Å². The Balaban J connectivity index is 2.08. The predicted octanol–water partition coefficient (Wildman–Crippen LogP) is 1.67. The van der Waals surface area contributed by atoms with E-state index in [-0.39, 0.29) is 6.04 Å². The lowest BCUT2D eigenvalue weighted by Gasteiger charge is -2.39. The molecule has 2 aliphatic heterocycles. The minimum atomic E-state index is -1.17. The molecule has 3 heteroatoms. The zero-order chi connectivity index (χ0) is 12.3. The van der Waals surface area contributed by atoms with Crippen LogP contribution in [-0.2, 0) is 12.1 Å². The van der Waals surface area contributed by atoms with Crippen LogP contribution in [0.4, 0.5) is 0 Å². The summed E-state index contributed by atoms with van der Waals surface area (Å²) in [7, 11) is 0. The predicted molar refractivity (Wildman–Crippen MR) is 68.4 cm³/mol. The number of fused-ring (bicyclic) bond motifs is 7. The Hall–Kier alpha value is -1.68. The van der Waals surface area contributed by atoms with Crippen molar-refractivity contribution in [2.24, 2.45) is 5.84 Å². The van der Waals surface area contributed by atoms with E-state index in [1.165, 1.54) is 5.56 Å². The first-order valence-corrected chi connectivity index (χ1v) is 6.17. The van der Waals surface area contributed by atoms with Gasteiger partial charge in [-0.25, -0.2) is 5.01 Å². The third-order valence-corrected chi connectivity index (χ3v) is 4.21. The highest BCUT2D eigenvalue weighted by molar-refractivity contribution is 5.52. The van der Waals surface area contributed by atoms with Gasteiger partial charge in [-0.3, -0.25) is 5.84 Å². The summed E-state index contributed by atoms with van der Waals surface area (Å²) in [6.07, 6.45) is 0.853. The molecule has 3 nitrogen and oxygen atoms in total. The SMILES string of the molecule is NN1C2Cc3ccccc3C1(O)c1ccccc12. The topological polar surface area (TPSA) is 49.5 Å². The zero-order valence-corrected chi connectivity index (χ0v) is 9.88. The molecular weight excluding hydrogens is 224 g/mol. The maximum atomic E-state index is 11.1. The minimum Gasteiger partial charge on any atom is -0.366 e. The molecule has 90 valence electrons. The van der Waals surface area contributed by atoms with Gasteiger partial charge in [-0.1, -0.05) is 48.5 Å². The molecule has 0 saturated heterocycles. The molecule has 2 atom stereocenters. The molecule has 18 heavy (non-hydrogen) atoms. The number of hydrazine groups is 1. The van der Waals surface area contributed by atoms with Crippen LogP contribution in [0.3, 0.4) is 0 Å². The largest absolute Gasteiger partial charge is 0.366 e. The Morgan fingerprint density at radius 1 is 1.06 bits per heavy atom. The standard InChI is InChI=1S/C15H14N2O/c16-17-14-9-10-5-1-3-7-12(10)15(17,18)13-8-4-2-6-11(13)14/h1-8,14,18H,9,16H2. The Morgan fingerprint density at radius 2 is 1.72 bits per heavy atom. The lowest BCUT2D eigenvalue weighted by molar-refractivity contribution is -0.0969. The van der Waals surface area contributed by atoms with E-state index in [0.717, 1.165) is 23.1 Å². The van der Waals surface area contributed by atoms with Gasteiger partial charge in [0, 0.05) is 11.1 Å². The molecule has 3 N–H and O–H groups in total. The van der Waals surface area contributed by atoms with Crippen LogP contribution < -0.4 is 5.84 Å². The fraction of sp³-hybridized carbons (Fsp3) is 0.200. The molecule has 0 fully saturated rings. The molecule has 0 aliphatic carbocycles. The Kier molecular flexibility index (Phi) is 1.83. The van der Waals surface area contributed by atoms with Crippen molar-refractivity contribution < 1.29 is 5.11 Å². The lowest BCUT2D eigenvalue weighted by Crippen LogP contribution is -2.51. The highest BCUT2D eigenvalue weighted by atomic mass is 16.3. The molecule has 0 saturated carbocycles. The smallest absolute Gasteiger partial charge is 0.184 e. The van der Waals surface area contributed by atoms with Gasteiger partial charge < -0.3 is 5.11 Å². The number of nitrogens with zero attached hydrogens (tertiary/aromatic N) is 1. The average Bonchev–Trinajstić information content (AvgIpc) is 2.56. The van der Waals surface area contributed by atoms with Crippen molar-refractivity contribution in [3.63, 3.8) is 0 Å². The van der Waals surface area contributed by atoms with E-state index in [0.29, 0.717) is 0 Å². The van der Waals surface area contributed by atoms with Gasteiger partial charge in [0.1, 0.15) is 0 Å². The van der Waals surface area contributed by atoms with Crippen LogP contribution in [-0.4, -0.2) is 10.1 Å². The molecule has 2 unspecified atom stereocenters. The van der Waals surface area contributed by atoms with E-state index in [9.17, 15) is 5.11 Å². The fourth-order valence-electron chi connectivity index (χ4n) is 3.36. The van der Waals surface area contributed by atoms with Crippen LogP contribution >= 0.6 is 0 Å². The summed E-state index contributed by atoms with van der Waals surface area (Å²) in [5, 5.41) is 12.7. The zero-order valence-electron chi connectivity index (χ0n) is 9.88. The van der Waals surface area contributed by atoms with Crippen molar-refractivity contribution >= 4 is 0 Å². The van der Waals surface area contributed by atoms with Gasteiger partial charge in [0.15, 0.2) is 5.72 Å². The second-order valence-electron chi connectivity index (χ2n) is 5.04. The molecule has 2 aromatic rings. The van der Waals surface area contributed by atoms with Crippen LogP contribution in [0.25, 0.3) is 0 Å². The normalized spacial score (nSPS) is 28.9. The summed E-state index contributed by atoms with van der Waals surface area (Å²) in [6, 6.07) is 16.1. The summed E-state index contributed by atoms with van der Waals surface area (Å²) in [5.74, 6) is 6.17. The molecule has 0 spiro atoms. The Morgan fingerprint density at radius 3 is 2.56 bits per heavy atom. The number of hydrogen-bond donors (Lipinski definition) is 2. The van der Waals surface area contributed by atoms with Gasteiger partial charge in [-0.15, -0.1) is 0 Å². The molecular formula is C15H14N2O. The third kappa shape index (κ3) is 1.00. The summed E-state index contributed by atoms with van der Waals surface area (Å²) in [6.45, 7) is 0. The van der Waals surface area contributed by atoms with Crippen LogP contribution in [0.15, 0.2) is 48.5 Å². The van der Waals surface area contributed by atoms with Crippen molar-refractivity contribution in [2.75, 3.05) is 0 Å². The molecule has 0 aromatic heterocycles. The maximum absolute atomic E-state index is 11.1. The van der Waals surface area contributed by atoms with Crippen LogP contribution in [0.2, 0.25) is 0 Å². The van der Waals surface area contributed by atoms with Gasteiger partial charge in [-0.2, -0.15) is 0 Å². The average molecular weight is 238 g/mol. The second kappa shape index (κ2) is 3.20. The summed E-state index contributed by atoms with van der Waals surface area (Å²) < 4.78 is 0. The van der Waals surface area contributed by atoms with Gasteiger partial charge in [0.25, 0.3) is 0 Å². The summed E-state index contributed by atoms with van der Waals surface area (Å²) in [4.78, 5) is 0. The van der Waals surface area contributed by atoms with E-state index in [1.54, 1.807) is 5.01 Å². The van der Waals surface area contributed by atoms with Crippen molar-refractivity contribution in [3.8, 4) is 0 Å². The van der Waals surface area contributed by atoms with E-state index in [4.69, 9.17) is 5.84 Å². The Labute approximate surface area is 105 Å². The van der Waals surface area contributed by atoms with E-state index in [2.05, 4.69) is 12.1 Å².